The number of fused-ring (bicyclic) bond motifs is 3. The second-order valence-electron chi connectivity index (χ2n) is 10.0. The Kier molecular flexibility index (Phi) is 5.88. The number of benzene rings is 6. The van der Waals surface area contributed by atoms with E-state index in [2.05, 4.69) is 78.9 Å². The third kappa shape index (κ3) is 3.90. The molecule has 0 radical (unpaired) electrons. The van der Waals surface area contributed by atoms with Crippen molar-refractivity contribution in [1.82, 2.24) is 0 Å². The highest BCUT2D eigenvalue weighted by molar-refractivity contribution is 7.85. The lowest BCUT2D eigenvalue weighted by Crippen LogP contribution is -2.29. The molecule has 0 saturated carbocycles. The zero-order chi connectivity index (χ0) is 26.2. The summed E-state index contributed by atoms with van der Waals surface area (Å²) in [5, 5.41) is 2.67. The van der Waals surface area contributed by atoms with E-state index in [1.54, 1.807) is 0 Å². The van der Waals surface area contributed by atoms with E-state index >= 15 is 4.57 Å². The van der Waals surface area contributed by atoms with Crippen LogP contribution in [0.25, 0.3) is 33.4 Å². The maximum atomic E-state index is 16.1. The van der Waals surface area contributed by atoms with E-state index in [1.807, 2.05) is 72.8 Å². The van der Waals surface area contributed by atoms with E-state index in [-0.39, 0.29) is 0 Å². The zero-order valence-corrected chi connectivity index (χ0v) is 22.4. The van der Waals surface area contributed by atoms with Crippen LogP contribution in [0.2, 0.25) is 0 Å². The highest BCUT2D eigenvalue weighted by Crippen LogP contribution is 2.52. The molecule has 1 aliphatic carbocycles. The predicted octanol–water partition coefficient (Wildman–Crippen LogP) is 8.23. The minimum atomic E-state index is -3.30. The Bertz CT molecular complexity index is 1780. The van der Waals surface area contributed by atoms with Crippen molar-refractivity contribution in [2.45, 2.75) is 6.42 Å². The van der Waals surface area contributed by atoms with Crippen LogP contribution in [0.4, 0.5) is 0 Å². The molecule has 1 nitrogen and oxygen atoms in total. The molecule has 0 unspecified atom stereocenters. The first kappa shape index (κ1) is 23.7. The Balaban J connectivity index is 1.69. The monoisotopic (exact) mass is 518 g/mol. The van der Waals surface area contributed by atoms with Gasteiger partial charge in [0.1, 0.15) is 0 Å². The fraction of sp³-hybridized carbons (Fsp3) is 0.0270. The first-order chi connectivity index (χ1) is 19.2. The van der Waals surface area contributed by atoms with Gasteiger partial charge in [0, 0.05) is 21.5 Å². The van der Waals surface area contributed by atoms with Crippen molar-refractivity contribution in [3.05, 3.63) is 163 Å². The van der Waals surface area contributed by atoms with Crippen LogP contribution < -0.4 is 15.9 Å². The van der Waals surface area contributed by atoms with Gasteiger partial charge in [-0.15, -0.1) is 0 Å². The molecule has 2 heteroatoms. The topological polar surface area (TPSA) is 17.1 Å². The minimum absolute atomic E-state index is 0.763. The van der Waals surface area contributed by atoms with Crippen molar-refractivity contribution in [1.29, 1.82) is 0 Å². The van der Waals surface area contributed by atoms with Crippen molar-refractivity contribution in [3.63, 3.8) is 0 Å². The average Bonchev–Trinajstić information content (AvgIpc) is 3.40. The van der Waals surface area contributed by atoms with Crippen LogP contribution in [0, 0.1) is 0 Å². The second-order valence-corrected chi connectivity index (χ2v) is 12.7. The zero-order valence-electron chi connectivity index (χ0n) is 21.5. The van der Waals surface area contributed by atoms with Crippen molar-refractivity contribution in [3.8, 4) is 33.4 Å². The SMILES string of the molecule is O=P(c1ccccc1)(c1ccccc1)c1c2c(cc(-c3ccccc3)c1-c1ccccc1)-c1ccccc1C2. The van der Waals surface area contributed by atoms with Crippen LogP contribution in [-0.2, 0) is 11.0 Å². The molecule has 0 N–H and O–H groups in total. The molecule has 0 aliphatic heterocycles. The summed E-state index contributed by atoms with van der Waals surface area (Å²) in [4.78, 5) is 0. The summed E-state index contributed by atoms with van der Waals surface area (Å²) in [6, 6.07) is 52.1. The Hall–Kier alpha value is -4.45. The van der Waals surface area contributed by atoms with Crippen LogP contribution >= 0.6 is 7.14 Å². The molecule has 1 aliphatic rings. The van der Waals surface area contributed by atoms with Crippen molar-refractivity contribution >= 4 is 23.1 Å². The van der Waals surface area contributed by atoms with Crippen molar-refractivity contribution < 1.29 is 4.57 Å². The van der Waals surface area contributed by atoms with E-state index in [0.717, 1.165) is 44.6 Å². The minimum Gasteiger partial charge on any atom is -0.309 e. The Labute approximate surface area is 229 Å². The van der Waals surface area contributed by atoms with Gasteiger partial charge >= 0.3 is 0 Å². The summed E-state index contributed by atoms with van der Waals surface area (Å²) >= 11 is 0. The van der Waals surface area contributed by atoms with E-state index in [4.69, 9.17) is 0 Å². The molecule has 0 spiro atoms. The number of hydrogen-bond donors (Lipinski definition) is 0. The van der Waals surface area contributed by atoms with Crippen LogP contribution in [-0.4, -0.2) is 0 Å². The summed E-state index contributed by atoms with van der Waals surface area (Å²) in [6.45, 7) is 0. The van der Waals surface area contributed by atoms with E-state index in [9.17, 15) is 0 Å². The van der Waals surface area contributed by atoms with Crippen LogP contribution in [0.1, 0.15) is 11.1 Å². The lowest BCUT2D eigenvalue weighted by atomic mass is 9.90. The molecule has 0 atom stereocenters. The summed E-state index contributed by atoms with van der Waals surface area (Å²) < 4.78 is 16.1. The molecule has 0 saturated heterocycles. The molecular weight excluding hydrogens is 491 g/mol. The van der Waals surface area contributed by atoms with E-state index in [1.165, 1.54) is 22.3 Å². The summed E-state index contributed by atoms with van der Waals surface area (Å²) in [5.41, 5.74) is 9.25. The normalized spacial score (nSPS) is 12.1. The van der Waals surface area contributed by atoms with Gasteiger partial charge in [0.05, 0.1) is 0 Å². The molecule has 6 aromatic rings. The number of hydrogen-bond acceptors (Lipinski definition) is 1. The molecule has 0 fully saturated rings. The van der Waals surface area contributed by atoms with E-state index < -0.39 is 7.14 Å². The molecule has 0 aromatic heterocycles. The van der Waals surface area contributed by atoms with Gasteiger partial charge in [-0.2, -0.15) is 0 Å². The Morgan fingerprint density at radius 3 is 1.54 bits per heavy atom. The van der Waals surface area contributed by atoms with Crippen LogP contribution in [0.15, 0.2) is 152 Å². The van der Waals surface area contributed by atoms with Gasteiger partial charge in [-0.05, 0) is 51.4 Å². The molecule has 186 valence electrons. The molecule has 0 heterocycles. The maximum Gasteiger partial charge on any atom is 0.171 e. The van der Waals surface area contributed by atoms with Gasteiger partial charge in [-0.3, -0.25) is 0 Å². The predicted molar refractivity (Wildman–Crippen MR) is 165 cm³/mol. The molecule has 0 amide bonds. The van der Waals surface area contributed by atoms with Crippen LogP contribution in [0.5, 0.6) is 0 Å². The van der Waals surface area contributed by atoms with Gasteiger partial charge in [0.15, 0.2) is 7.14 Å². The summed E-state index contributed by atoms with van der Waals surface area (Å²) in [7, 11) is -3.30. The molecule has 7 rings (SSSR count). The highest BCUT2D eigenvalue weighted by atomic mass is 31.2. The second kappa shape index (κ2) is 9.70. The molecule has 39 heavy (non-hydrogen) atoms. The molecule has 0 bridgehead atoms. The van der Waals surface area contributed by atoms with Gasteiger partial charge in [-0.25, -0.2) is 0 Å². The third-order valence-electron chi connectivity index (χ3n) is 7.78. The average molecular weight is 519 g/mol. The smallest absolute Gasteiger partial charge is 0.171 e. The highest BCUT2D eigenvalue weighted by Gasteiger charge is 2.38. The number of rotatable bonds is 5. The standard InChI is InChI=1S/C37H27OP/c38-39(30-20-9-3-10-21-30,31-22-11-4-12-23-31)37-35-25-29-19-13-14-24-32(29)34(35)26-33(27-15-5-1-6-16-27)36(37)28-17-7-2-8-18-28/h1-24,26H,25H2. The van der Waals surface area contributed by atoms with Crippen molar-refractivity contribution in [2.24, 2.45) is 0 Å². The maximum absolute atomic E-state index is 16.1. The van der Waals surface area contributed by atoms with Gasteiger partial charge in [0.2, 0.25) is 0 Å². The fourth-order valence-electron chi connectivity index (χ4n) is 6.03. The van der Waals surface area contributed by atoms with Gasteiger partial charge < -0.3 is 4.57 Å². The lowest BCUT2D eigenvalue weighted by molar-refractivity contribution is 0.592. The fourth-order valence-corrected chi connectivity index (χ4v) is 9.17. The van der Waals surface area contributed by atoms with Gasteiger partial charge in [-0.1, -0.05) is 146 Å². The first-order valence-electron chi connectivity index (χ1n) is 13.4. The summed E-state index contributed by atoms with van der Waals surface area (Å²) in [6.07, 6.45) is 0.763. The lowest BCUT2D eigenvalue weighted by Gasteiger charge is -2.28. The Morgan fingerprint density at radius 2 is 0.949 bits per heavy atom. The van der Waals surface area contributed by atoms with Crippen molar-refractivity contribution in [2.75, 3.05) is 0 Å². The summed E-state index contributed by atoms with van der Waals surface area (Å²) in [5.74, 6) is 0. The third-order valence-corrected chi connectivity index (χ3v) is 11.0. The molecule has 6 aromatic carbocycles. The van der Waals surface area contributed by atoms with E-state index in [0.29, 0.717) is 0 Å². The van der Waals surface area contributed by atoms with Crippen LogP contribution in [0.3, 0.4) is 0 Å². The largest absolute Gasteiger partial charge is 0.309 e. The van der Waals surface area contributed by atoms with Gasteiger partial charge in [0.25, 0.3) is 0 Å². The quantitative estimate of drug-likeness (QED) is 0.210. The Morgan fingerprint density at radius 1 is 0.462 bits per heavy atom. The molecular formula is C37H27OP. The first-order valence-corrected chi connectivity index (χ1v) is 15.1.